The van der Waals surface area contributed by atoms with E-state index >= 15 is 0 Å². The van der Waals surface area contributed by atoms with E-state index in [2.05, 4.69) is 5.32 Å². The molecule has 0 saturated heterocycles. The fourth-order valence-electron chi connectivity index (χ4n) is 4.49. The summed E-state index contributed by atoms with van der Waals surface area (Å²) in [5.41, 5.74) is 0.619. The van der Waals surface area contributed by atoms with E-state index in [1.54, 1.807) is 47.9 Å². The number of thiophene rings is 2. The molecule has 2 amide bonds. The Morgan fingerprint density at radius 2 is 1.71 bits per heavy atom. The second-order valence-electron chi connectivity index (χ2n) is 8.33. The van der Waals surface area contributed by atoms with Gasteiger partial charge in [-0.25, -0.2) is 0 Å². The van der Waals surface area contributed by atoms with Crippen LogP contribution < -0.4 is 14.8 Å². The number of hydrogen-bond acceptors (Lipinski definition) is 6. The Bertz CT molecular complexity index is 1080. The molecule has 1 fully saturated rings. The number of hydrogen-bond donors (Lipinski definition) is 1. The second-order valence-corrected chi connectivity index (χ2v) is 10.4. The largest absolute Gasteiger partial charge is 0.493 e. The fraction of sp³-hybridized carbons (Fsp3) is 0.385. The molecular weight excluding hydrogens is 468 g/mol. The summed E-state index contributed by atoms with van der Waals surface area (Å²) >= 11 is 3.11. The molecule has 0 bridgehead atoms. The molecule has 1 aliphatic carbocycles. The summed E-state index contributed by atoms with van der Waals surface area (Å²) in [6, 6.07) is 12.6. The maximum atomic E-state index is 13.8. The van der Waals surface area contributed by atoms with Gasteiger partial charge >= 0.3 is 0 Å². The fourth-order valence-corrected chi connectivity index (χ4v) is 5.88. The van der Waals surface area contributed by atoms with Gasteiger partial charge in [0, 0.05) is 21.4 Å². The van der Waals surface area contributed by atoms with Gasteiger partial charge in [-0.15, -0.1) is 22.7 Å². The van der Waals surface area contributed by atoms with Gasteiger partial charge in [0.2, 0.25) is 11.8 Å². The molecule has 6 nitrogen and oxygen atoms in total. The van der Waals surface area contributed by atoms with Crippen molar-refractivity contribution < 1.29 is 19.1 Å². The van der Waals surface area contributed by atoms with Crippen molar-refractivity contribution in [1.82, 2.24) is 10.2 Å². The summed E-state index contributed by atoms with van der Waals surface area (Å²) in [5.74, 6) is 0.707. The van der Waals surface area contributed by atoms with E-state index in [0.717, 1.165) is 35.4 Å². The highest BCUT2D eigenvalue weighted by Crippen LogP contribution is 2.38. The molecule has 0 radical (unpaired) electrons. The zero-order valence-corrected chi connectivity index (χ0v) is 21.1. The standard InChI is InChI=1S/C26H30N2O4S2/c1-31-22-13-5-12-21(25(22)32-2)24(26(30)27-18-8-3-4-9-18)28(17-20-11-7-15-34-20)23(29)16-19-10-6-14-33-19/h5-7,10-15,18,24H,3-4,8-9,16-17H2,1-2H3,(H,27,30). The molecule has 3 aromatic rings. The Morgan fingerprint density at radius 3 is 2.32 bits per heavy atom. The Hall–Kier alpha value is -2.84. The zero-order chi connectivity index (χ0) is 23.9. The van der Waals surface area contributed by atoms with E-state index in [9.17, 15) is 9.59 Å². The minimum absolute atomic E-state index is 0.104. The molecule has 2 aromatic heterocycles. The first-order chi connectivity index (χ1) is 16.6. The molecule has 2 heterocycles. The minimum Gasteiger partial charge on any atom is -0.493 e. The van der Waals surface area contributed by atoms with Gasteiger partial charge in [0.05, 0.1) is 27.2 Å². The number of carbonyl (C=O) groups excluding carboxylic acids is 2. The Kier molecular flexibility index (Phi) is 8.24. The average molecular weight is 499 g/mol. The van der Waals surface area contributed by atoms with Gasteiger partial charge in [0.25, 0.3) is 0 Å². The average Bonchev–Trinajstić information content (AvgIpc) is 3.63. The smallest absolute Gasteiger partial charge is 0.247 e. The number of nitrogens with zero attached hydrogens (tertiary/aromatic N) is 1. The molecule has 0 spiro atoms. The van der Waals surface area contributed by atoms with Crippen molar-refractivity contribution in [3.8, 4) is 11.5 Å². The predicted molar refractivity (Wildman–Crippen MR) is 136 cm³/mol. The van der Waals surface area contributed by atoms with Crippen LogP contribution in [0.4, 0.5) is 0 Å². The lowest BCUT2D eigenvalue weighted by atomic mass is 10.0. The van der Waals surface area contributed by atoms with Crippen LogP contribution in [-0.2, 0) is 22.6 Å². The first-order valence-corrected chi connectivity index (χ1v) is 13.2. The lowest BCUT2D eigenvalue weighted by Gasteiger charge is -2.33. The van der Waals surface area contributed by atoms with E-state index in [0.29, 0.717) is 23.6 Å². The van der Waals surface area contributed by atoms with Gasteiger partial charge in [-0.05, 0) is 41.8 Å². The van der Waals surface area contributed by atoms with Gasteiger partial charge < -0.3 is 19.7 Å². The zero-order valence-electron chi connectivity index (χ0n) is 19.5. The number of rotatable bonds is 10. The molecule has 180 valence electrons. The third-order valence-corrected chi connectivity index (χ3v) is 7.86. The van der Waals surface area contributed by atoms with Crippen LogP contribution in [0.15, 0.2) is 53.2 Å². The van der Waals surface area contributed by atoms with Crippen LogP contribution in [0.2, 0.25) is 0 Å². The van der Waals surface area contributed by atoms with Crippen molar-refractivity contribution in [2.24, 2.45) is 0 Å². The molecule has 1 unspecified atom stereocenters. The normalized spacial score (nSPS) is 14.5. The van der Waals surface area contributed by atoms with Gasteiger partial charge in [-0.1, -0.05) is 37.1 Å². The summed E-state index contributed by atoms with van der Waals surface area (Å²) in [5, 5.41) is 7.16. The third kappa shape index (κ3) is 5.62. The highest BCUT2D eigenvalue weighted by Gasteiger charge is 2.36. The maximum Gasteiger partial charge on any atom is 0.247 e. The summed E-state index contributed by atoms with van der Waals surface area (Å²) in [6.07, 6.45) is 4.37. The lowest BCUT2D eigenvalue weighted by molar-refractivity contribution is -0.141. The number of amides is 2. The summed E-state index contributed by atoms with van der Waals surface area (Å²) in [6.45, 7) is 0.338. The van der Waals surface area contributed by atoms with Crippen LogP contribution in [0.25, 0.3) is 0 Å². The SMILES string of the molecule is COc1cccc(C(C(=O)NC2CCCC2)N(Cc2cccs2)C(=O)Cc2cccs2)c1OC. The first-order valence-electron chi connectivity index (χ1n) is 11.5. The van der Waals surface area contributed by atoms with Gasteiger partial charge in [0.1, 0.15) is 6.04 Å². The van der Waals surface area contributed by atoms with Crippen molar-refractivity contribution in [2.45, 2.75) is 50.7 Å². The summed E-state index contributed by atoms with van der Waals surface area (Å²) in [4.78, 5) is 31.2. The van der Waals surface area contributed by atoms with E-state index < -0.39 is 6.04 Å². The number of nitrogens with one attached hydrogen (secondary N) is 1. The van der Waals surface area contributed by atoms with Crippen molar-refractivity contribution in [1.29, 1.82) is 0 Å². The molecule has 4 rings (SSSR count). The van der Waals surface area contributed by atoms with Crippen LogP contribution in [0.3, 0.4) is 0 Å². The number of methoxy groups -OCH3 is 2. The minimum atomic E-state index is -0.847. The van der Waals surface area contributed by atoms with Gasteiger partial charge in [0.15, 0.2) is 11.5 Å². The Morgan fingerprint density at radius 1 is 1.00 bits per heavy atom. The van der Waals surface area contributed by atoms with Crippen molar-refractivity contribution >= 4 is 34.5 Å². The van der Waals surface area contributed by atoms with Gasteiger partial charge in [-0.2, -0.15) is 0 Å². The first kappa shape index (κ1) is 24.3. The molecule has 1 N–H and O–H groups in total. The predicted octanol–water partition coefficient (Wildman–Crippen LogP) is 5.20. The van der Waals surface area contributed by atoms with E-state index in [-0.39, 0.29) is 24.3 Å². The highest BCUT2D eigenvalue weighted by atomic mass is 32.1. The van der Waals surface area contributed by atoms with Gasteiger partial charge in [-0.3, -0.25) is 9.59 Å². The van der Waals surface area contributed by atoms with Crippen LogP contribution >= 0.6 is 22.7 Å². The molecule has 1 aliphatic rings. The Balaban J connectivity index is 1.76. The molecule has 34 heavy (non-hydrogen) atoms. The van der Waals surface area contributed by atoms with E-state index in [4.69, 9.17) is 9.47 Å². The van der Waals surface area contributed by atoms with Crippen LogP contribution in [-0.4, -0.2) is 37.0 Å². The third-order valence-electron chi connectivity index (χ3n) is 6.12. The van der Waals surface area contributed by atoms with Crippen molar-refractivity contribution in [3.63, 3.8) is 0 Å². The highest BCUT2D eigenvalue weighted by molar-refractivity contribution is 7.10. The quantitative estimate of drug-likeness (QED) is 0.417. The lowest BCUT2D eigenvalue weighted by Crippen LogP contribution is -2.46. The number of carbonyl (C=O) groups is 2. The number of para-hydroxylation sites is 1. The van der Waals surface area contributed by atoms with Crippen LogP contribution in [0.5, 0.6) is 11.5 Å². The monoisotopic (exact) mass is 498 g/mol. The number of benzene rings is 1. The van der Waals surface area contributed by atoms with Crippen molar-refractivity contribution in [3.05, 3.63) is 68.5 Å². The molecule has 8 heteroatoms. The van der Waals surface area contributed by atoms with Crippen LogP contribution in [0, 0.1) is 0 Å². The molecule has 1 atom stereocenters. The number of ether oxygens (including phenoxy) is 2. The van der Waals surface area contributed by atoms with Crippen molar-refractivity contribution in [2.75, 3.05) is 14.2 Å². The second kappa shape index (κ2) is 11.5. The molecular formula is C26H30N2O4S2. The summed E-state index contributed by atoms with van der Waals surface area (Å²) in [7, 11) is 3.13. The molecule has 1 aromatic carbocycles. The van der Waals surface area contributed by atoms with E-state index in [1.165, 1.54) is 0 Å². The maximum absolute atomic E-state index is 13.8. The van der Waals surface area contributed by atoms with E-state index in [1.807, 2.05) is 47.2 Å². The summed E-state index contributed by atoms with van der Waals surface area (Å²) < 4.78 is 11.2. The topological polar surface area (TPSA) is 67.9 Å². The molecule has 1 saturated carbocycles. The van der Waals surface area contributed by atoms with Crippen LogP contribution in [0.1, 0.15) is 47.0 Å². The molecule has 0 aliphatic heterocycles. The Labute approximate surface area is 208 Å².